The number of nitrogens with zero attached hydrogens (tertiary/aromatic N) is 3. The molecule has 1 aliphatic carbocycles. The Balaban J connectivity index is 1.35. The number of ether oxygens (including phenoxy) is 1. The quantitative estimate of drug-likeness (QED) is 0.576. The minimum Gasteiger partial charge on any atom is -0.497 e. The SMILES string of the molecule is C=CCN1C2CC1CN(C(c1cccc(OC)c1)C1C=CC(C(=O)NN3CCCCC3)=CC1C)C2. The van der Waals surface area contributed by atoms with E-state index in [9.17, 15) is 4.79 Å². The van der Waals surface area contributed by atoms with Crippen LogP contribution in [0.2, 0.25) is 0 Å². The van der Waals surface area contributed by atoms with Crippen molar-refractivity contribution in [3.05, 3.63) is 66.3 Å². The van der Waals surface area contributed by atoms with E-state index in [1.54, 1.807) is 7.11 Å². The summed E-state index contributed by atoms with van der Waals surface area (Å²) in [6.07, 6.45) is 13.4. The van der Waals surface area contributed by atoms with E-state index in [-0.39, 0.29) is 17.9 Å². The van der Waals surface area contributed by atoms with Crippen molar-refractivity contribution >= 4 is 5.91 Å². The number of allylic oxidation sites excluding steroid dienone is 1. The van der Waals surface area contributed by atoms with Gasteiger partial charge in [0.1, 0.15) is 5.75 Å². The van der Waals surface area contributed by atoms with Gasteiger partial charge in [0.2, 0.25) is 0 Å². The van der Waals surface area contributed by atoms with Crippen molar-refractivity contribution in [3.63, 3.8) is 0 Å². The van der Waals surface area contributed by atoms with E-state index >= 15 is 0 Å². The van der Waals surface area contributed by atoms with Crippen LogP contribution in [-0.2, 0) is 4.79 Å². The summed E-state index contributed by atoms with van der Waals surface area (Å²) in [4.78, 5) is 18.2. The Bertz CT molecular complexity index is 971. The molecular weight excluding hydrogens is 436 g/mol. The smallest absolute Gasteiger partial charge is 0.265 e. The topological polar surface area (TPSA) is 48.1 Å². The van der Waals surface area contributed by atoms with Crippen LogP contribution in [0.15, 0.2) is 60.7 Å². The summed E-state index contributed by atoms with van der Waals surface area (Å²) < 4.78 is 5.58. The van der Waals surface area contributed by atoms with Crippen LogP contribution in [-0.4, -0.2) is 72.6 Å². The maximum absolute atomic E-state index is 13.0. The maximum Gasteiger partial charge on any atom is 0.265 e. The van der Waals surface area contributed by atoms with Crippen molar-refractivity contribution < 1.29 is 9.53 Å². The number of amides is 1. The second kappa shape index (κ2) is 10.7. The number of hydrogen-bond donors (Lipinski definition) is 1. The van der Waals surface area contributed by atoms with E-state index in [1.807, 2.05) is 18.2 Å². The number of carbonyl (C=O) groups is 1. The van der Waals surface area contributed by atoms with Crippen molar-refractivity contribution in [1.82, 2.24) is 20.2 Å². The molecule has 35 heavy (non-hydrogen) atoms. The van der Waals surface area contributed by atoms with Gasteiger partial charge < -0.3 is 4.74 Å². The second-order valence-corrected chi connectivity index (χ2v) is 10.6. The van der Waals surface area contributed by atoms with Crippen LogP contribution >= 0.6 is 0 Å². The number of hydrazine groups is 1. The molecule has 188 valence electrons. The van der Waals surface area contributed by atoms with Gasteiger partial charge in [-0.05, 0) is 42.9 Å². The van der Waals surface area contributed by atoms with Crippen molar-refractivity contribution in [2.45, 2.75) is 50.7 Å². The number of piperazine rings is 1. The van der Waals surface area contributed by atoms with Gasteiger partial charge in [-0.1, -0.05) is 49.8 Å². The number of piperidine rings is 2. The van der Waals surface area contributed by atoms with Crippen LogP contribution in [0.1, 0.15) is 44.2 Å². The molecule has 2 bridgehead atoms. The normalized spacial score (nSPS) is 30.2. The van der Waals surface area contributed by atoms with E-state index < -0.39 is 0 Å². The predicted octanol–water partition coefficient (Wildman–Crippen LogP) is 3.95. The molecule has 0 aromatic heterocycles. The Morgan fingerprint density at radius 1 is 1.23 bits per heavy atom. The molecule has 4 fully saturated rings. The molecular formula is C29H40N4O2. The van der Waals surface area contributed by atoms with Crippen molar-refractivity contribution in [2.24, 2.45) is 11.8 Å². The molecule has 5 unspecified atom stereocenters. The molecule has 6 nitrogen and oxygen atoms in total. The van der Waals surface area contributed by atoms with Crippen molar-refractivity contribution in [1.29, 1.82) is 0 Å². The van der Waals surface area contributed by atoms with Gasteiger partial charge in [-0.2, -0.15) is 0 Å². The molecule has 4 saturated heterocycles. The molecule has 1 aromatic carbocycles. The fourth-order valence-electron chi connectivity index (χ4n) is 6.49. The third-order valence-electron chi connectivity index (χ3n) is 8.33. The second-order valence-electron chi connectivity index (χ2n) is 10.6. The number of benzene rings is 1. The number of methoxy groups -OCH3 is 1. The highest BCUT2D eigenvalue weighted by molar-refractivity contribution is 5.96. The minimum atomic E-state index is 0.0191. The zero-order chi connectivity index (χ0) is 24.4. The summed E-state index contributed by atoms with van der Waals surface area (Å²) in [5, 5.41) is 2.07. The molecule has 0 spiro atoms. The van der Waals surface area contributed by atoms with E-state index in [4.69, 9.17) is 4.74 Å². The maximum atomic E-state index is 13.0. The summed E-state index contributed by atoms with van der Waals surface area (Å²) in [6, 6.07) is 9.99. The van der Waals surface area contributed by atoms with Gasteiger partial charge in [-0.15, -0.1) is 6.58 Å². The molecule has 1 amide bonds. The average molecular weight is 477 g/mol. The molecule has 6 heteroatoms. The Morgan fingerprint density at radius 2 is 2.00 bits per heavy atom. The number of carbonyl (C=O) groups excluding carboxylic acids is 1. The number of rotatable bonds is 8. The Morgan fingerprint density at radius 3 is 2.69 bits per heavy atom. The lowest BCUT2D eigenvalue weighted by Gasteiger charge is -2.58. The summed E-state index contributed by atoms with van der Waals surface area (Å²) >= 11 is 0. The Hall–Kier alpha value is -2.41. The molecule has 5 aliphatic rings. The van der Waals surface area contributed by atoms with Gasteiger partial charge in [-0.3, -0.25) is 20.0 Å². The molecule has 5 atom stereocenters. The molecule has 0 radical (unpaired) electrons. The molecule has 6 rings (SSSR count). The van der Waals surface area contributed by atoms with E-state index in [0.717, 1.165) is 56.9 Å². The highest BCUT2D eigenvalue weighted by Crippen LogP contribution is 2.43. The fraction of sp³-hybridized carbons (Fsp3) is 0.552. The number of hydrogen-bond acceptors (Lipinski definition) is 5. The van der Waals surface area contributed by atoms with Crippen molar-refractivity contribution in [3.8, 4) is 5.75 Å². The summed E-state index contributed by atoms with van der Waals surface area (Å²) in [7, 11) is 1.73. The zero-order valence-electron chi connectivity index (χ0n) is 21.2. The van der Waals surface area contributed by atoms with Crippen LogP contribution in [0.25, 0.3) is 0 Å². The molecule has 0 saturated carbocycles. The van der Waals surface area contributed by atoms with Crippen molar-refractivity contribution in [2.75, 3.05) is 39.8 Å². The van der Waals surface area contributed by atoms with Gasteiger partial charge in [0.15, 0.2) is 0 Å². The Labute approximate surface area is 210 Å². The summed E-state index contributed by atoms with van der Waals surface area (Å²) in [6.45, 7) is 11.2. The summed E-state index contributed by atoms with van der Waals surface area (Å²) in [5.41, 5.74) is 5.19. The standard InChI is InChI=1S/C29H40N4O2/c1-4-13-33-24-18-25(33)20-31(19-24)28(22-9-8-10-26(17-22)35-3)27-12-11-23(16-21(27)2)29(34)30-32-14-6-5-7-15-32/h4,8-12,16-17,21,24-25,27-28H,1,5-7,13-15,18-20H2,2-3H3,(H,30,34). The minimum absolute atomic E-state index is 0.0191. The van der Waals surface area contributed by atoms with E-state index in [1.165, 1.54) is 18.4 Å². The highest BCUT2D eigenvalue weighted by atomic mass is 16.5. The van der Waals surface area contributed by atoms with Gasteiger partial charge in [0, 0.05) is 62.3 Å². The lowest BCUT2D eigenvalue weighted by atomic mass is 9.76. The third kappa shape index (κ3) is 5.11. The first-order valence-corrected chi connectivity index (χ1v) is 13.3. The monoisotopic (exact) mass is 476 g/mol. The highest BCUT2D eigenvalue weighted by Gasteiger charge is 2.47. The molecule has 4 heterocycles. The van der Waals surface area contributed by atoms with Crippen LogP contribution in [0.4, 0.5) is 0 Å². The van der Waals surface area contributed by atoms with E-state index in [0.29, 0.717) is 18.0 Å². The van der Waals surface area contributed by atoms with Gasteiger partial charge in [0.05, 0.1) is 7.11 Å². The average Bonchev–Trinajstić information content (AvgIpc) is 2.89. The van der Waals surface area contributed by atoms with Crippen LogP contribution in [0.3, 0.4) is 0 Å². The molecule has 1 N–H and O–H groups in total. The molecule has 4 aliphatic heterocycles. The van der Waals surface area contributed by atoms with E-state index in [2.05, 4.69) is 64.1 Å². The first-order valence-electron chi connectivity index (χ1n) is 13.3. The predicted molar refractivity (Wildman–Crippen MR) is 140 cm³/mol. The lowest BCUT2D eigenvalue weighted by molar-refractivity contribution is -0.122. The fourth-order valence-corrected chi connectivity index (χ4v) is 6.49. The number of nitrogens with one attached hydrogen (secondary N) is 1. The van der Waals surface area contributed by atoms with Crippen LogP contribution in [0.5, 0.6) is 5.75 Å². The first kappa shape index (κ1) is 24.3. The lowest BCUT2D eigenvalue weighted by Crippen LogP contribution is -2.69. The van der Waals surface area contributed by atoms with Gasteiger partial charge in [-0.25, -0.2) is 5.01 Å². The van der Waals surface area contributed by atoms with Crippen LogP contribution in [0, 0.1) is 11.8 Å². The molecule has 1 aromatic rings. The number of fused-ring (bicyclic) bond motifs is 2. The van der Waals surface area contributed by atoms with Crippen LogP contribution < -0.4 is 10.2 Å². The zero-order valence-corrected chi connectivity index (χ0v) is 21.2. The Kier molecular flexibility index (Phi) is 7.42. The van der Waals surface area contributed by atoms with Gasteiger partial charge in [0.25, 0.3) is 5.91 Å². The summed E-state index contributed by atoms with van der Waals surface area (Å²) in [5.74, 6) is 1.46. The third-order valence-corrected chi connectivity index (χ3v) is 8.33. The first-order chi connectivity index (χ1) is 17.1. The van der Waals surface area contributed by atoms with Gasteiger partial charge >= 0.3 is 0 Å². The largest absolute Gasteiger partial charge is 0.497 e.